The first-order chi connectivity index (χ1) is 14.7. The lowest BCUT2D eigenvalue weighted by Gasteiger charge is -2.35. The Labute approximate surface area is 186 Å². The summed E-state index contributed by atoms with van der Waals surface area (Å²) < 4.78 is 5.55. The highest BCUT2D eigenvalue weighted by atomic mass is 32.1. The van der Waals surface area contributed by atoms with Gasteiger partial charge in [0.15, 0.2) is 5.96 Å². The highest BCUT2D eigenvalue weighted by Gasteiger charge is 2.24. The summed E-state index contributed by atoms with van der Waals surface area (Å²) >= 11 is 1.83. The molecule has 30 heavy (non-hydrogen) atoms. The number of aliphatic imine (C=N–C) groups is 1. The fourth-order valence-electron chi connectivity index (χ4n) is 4.26. The average Bonchev–Trinajstić information content (AvgIpc) is 3.32. The smallest absolute Gasteiger partial charge is 0.191 e. The van der Waals surface area contributed by atoms with E-state index in [-0.39, 0.29) is 0 Å². The molecule has 0 aromatic carbocycles. The second kappa shape index (κ2) is 12.6. The first-order valence-electron chi connectivity index (χ1n) is 11.4. The van der Waals surface area contributed by atoms with Gasteiger partial charge in [-0.05, 0) is 23.9 Å². The molecule has 1 aromatic heterocycles. The first kappa shape index (κ1) is 23.5. The number of piperazine rings is 1. The van der Waals surface area contributed by atoms with E-state index in [1.807, 2.05) is 18.4 Å². The SMILES string of the molecule is CCN1CCN(CC(C)CNC(=NC)NCC(c2cccs2)N2CCOCC2)CC1. The summed E-state index contributed by atoms with van der Waals surface area (Å²) in [4.78, 5) is 13.5. The third-order valence-electron chi connectivity index (χ3n) is 6.14. The summed E-state index contributed by atoms with van der Waals surface area (Å²) in [5, 5.41) is 9.28. The van der Waals surface area contributed by atoms with Crippen LogP contribution in [0.25, 0.3) is 0 Å². The molecular weight excluding hydrogens is 396 g/mol. The molecule has 0 radical (unpaired) electrons. The molecule has 2 unspecified atom stereocenters. The van der Waals surface area contributed by atoms with Crippen LogP contribution in [0.15, 0.2) is 22.5 Å². The Hall–Kier alpha value is -1.19. The minimum absolute atomic E-state index is 0.361. The molecular formula is C22H40N6OS. The van der Waals surface area contributed by atoms with Gasteiger partial charge in [-0.1, -0.05) is 19.9 Å². The standard InChI is InChI=1S/C22H40N6OS/c1-4-26-7-9-27(10-8-26)18-19(2)16-24-22(23-3)25-17-20(21-6-5-15-30-21)28-11-13-29-14-12-28/h5-6,15,19-20H,4,7-14,16-18H2,1-3H3,(H2,23,24,25). The van der Waals surface area contributed by atoms with Gasteiger partial charge in [-0.3, -0.25) is 9.89 Å². The number of guanidine groups is 1. The van der Waals surface area contributed by atoms with E-state index in [0.717, 1.165) is 51.9 Å². The average molecular weight is 437 g/mol. The van der Waals surface area contributed by atoms with Gasteiger partial charge in [-0.2, -0.15) is 0 Å². The number of nitrogens with one attached hydrogen (secondary N) is 2. The molecule has 2 saturated heterocycles. The molecule has 1 aromatic rings. The number of rotatable bonds is 9. The van der Waals surface area contributed by atoms with E-state index >= 15 is 0 Å². The number of ether oxygens (including phenoxy) is 1. The van der Waals surface area contributed by atoms with Gasteiger partial charge in [0.1, 0.15) is 0 Å². The minimum Gasteiger partial charge on any atom is -0.379 e. The van der Waals surface area contributed by atoms with Gasteiger partial charge in [-0.15, -0.1) is 11.3 Å². The molecule has 2 aliphatic heterocycles. The number of thiophene rings is 1. The van der Waals surface area contributed by atoms with E-state index in [1.54, 1.807) is 0 Å². The minimum atomic E-state index is 0.361. The summed E-state index contributed by atoms with van der Waals surface area (Å²) in [5.74, 6) is 1.48. The van der Waals surface area contributed by atoms with Gasteiger partial charge in [0.25, 0.3) is 0 Å². The van der Waals surface area contributed by atoms with Crippen LogP contribution in [-0.2, 0) is 4.74 Å². The predicted octanol–water partition coefficient (Wildman–Crippen LogP) is 1.56. The van der Waals surface area contributed by atoms with Crippen molar-refractivity contribution in [2.75, 3.05) is 85.7 Å². The molecule has 0 spiro atoms. The van der Waals surface area contributed by atoms with Crippen molar-refractivity contribution in [2.45, 2.75) is 19.9 Å². The monoisotopic (exact) mass is 436 g/mol. The molecule has 2 N–H and O–H groups in total. The van der Waals surface area contributed by atoms with Crippen molar-refractivity contribution in [3.63, 3.8) is 0 Å². The van der Waals surface area contributed by atoms with Crippen LogP contribution < -0.4 is 10.6 Å². The van der Waals surface area contributed by atoms with Crippen molar-refractivity contribution in [1.29, 1.82) is 0 Å². The Morgan fingerprint density at radius 1 is 1.10 bits per heavy atom. The maximum atomic E-state index is 5.55. The highest BCUT2D eigenvalue weighted by Crippen LogP contribution is 2.25. The van der Waals surface area contributed by atoms with Gasteiger partial charge in [0, 0.05) is 70.8 Å². The maximum Gasteiger partial charge on any atom is 0.191 e. The van der Waals surface area contributed by atoms with E-state index in [4.69, 9.17) is 4.74 Å². The zero-order valence-corrected chi connectivity index (χ0v) is 19.8. The Kier molecular flexibility index (Phi) is 9.87. The van der Waals surface area contributed by atoms with Crippen LogP contribution in [0.4, 0.5) is 0 Å². The lowest BCUT2D eigenvalue weighted by atomic mass is 10.1. The molecule has 3 rings (SSSR count). The number of morpholine rings is 1. The molecule has 2 aliphatic rings. The van der Waals surface area contributed by atoms with Gasteiger partial charge in [0.05, 0.1) is 19.3 Å². The summed E-state index contributed by atoms with van der Waals surface area (Å²) in [6, 6.07) is 4.74. The Morgan fingerprint density at radius 2 is 1.80 bits per heavy atom. The normalized spacial score (nSPS) is 22.0. The molecule has 3 heterocycles. The second-order valence-corrected chi connectivity index (χ2v) is 9.33. The fraction of sp³-hybridized carbons (Fsp3) is 0.773. The van der Waals surface area contributed by atoms with E-state index < -0.39 is 0 Å². The zero-order chi connectivity index (χ0) is 21.2. The summed E-state index contributed by atoms with van der Waals surface area (Å²) in [6.07, 6.45) is 0. The van der Waals surface area contributed by atoms with E-state index in [2.05, 4.69) is 61.7 Å². The topological polar surface area (TPSA) is 55.4 Å². The number of hydrogen-bond acceptors (Lipinski definition) is 6. The number of nitrogens with zero attached hydrogens (tertiary/aromatic N) is 4. The molecule has 0 bridgehead atoms. The first-order valence-corrected chi connectivity index (χ1v) is 12.3. The van der Waals surface area contributed by atoms with Crippen molar-refractivity contribution in [3.05, 3.63) is 22.4 Å². The maximum absolute atomic E-state index is 5.55. The Balaban J connectivity index is 1.43. The summed E-state index contributed by atoms with van der Waals surface area (Å²) in [7, 11) is 1.86. The summed E-state index contributed by atoms with van der Waals surface area (Å²) in [6.45, 7) is 17.1. The van der Waals surface area contributed by atoms with Crippen molar-refractivity contribution in [1.82, 2.24) is 25.3 Å². The van der Waals surface area contributed by atoms with E-state index in [1.165, 1.54) is 37.6 Å². The molecule has 0 amide bonds. The Morgan fingerprint density at radius 3 is 2.43 bits per heavy atom. The molecule has 2 atom stereocenters. The summed E-state index contributed by atoms with van der Waals surface area (Å²) in [5.41, 5.74) is 0. The van der Waals surface area contributed by atoms with Gasteiger partial charge in [-0.25, -0.2) is 0 Å². The lowest BCUT2D eigenvalue weighted by Crippen LogP contribution is -2.49. The van der Waals surface area contributed by atoms with Crippen LogP contribution in [0, 0.1) is 5.92 Å². The van der Waals surface area contributed by atoms with Crippen molar-refractivity contribution in [3.8, 4) is 0 Å². The zero-order valence-electron chi connectivity index (χ0n) is 19.0. The van der Waals surface area contributed by atoms with Crippen molar-refractivity contribution >= 4 is 17.3 Å². The van der Waals surface area contributed by atoms with Crippen molar-refractivity contribution in [2.24, 2.45) is 10.9 Å². The van der Waals surface area contributed by atoms with E-state index in [0.29, 0.717) is 12.0 Å². The molecule has 0 saturated carbocycles. The van der Waals surface area contributed by atoms with Crippen LogP contribution in [0.3, 0.4) is 0 Å². The van der Waals surface area contributed by atoms with E-state index in [9.17, 15) is 0 Å². The van der Waals surface area contributed by atoms with Crippen LogP contribution in [0.1, 0.15) is 24.8 Å². The number of likely N-dealkylation sites (N-methyl/N-ethyl adjacent to an activating group) is 1. The fourth-order valence-corrected chi connectivity index (χ4v) is 5.12. The van der Waals surface area contributed by atoms with Crippen LogP contribution >= 0.6 is 11.3 Å². The highest BCUT2D eigenvalue weighted by molar-refractivity contribution is 7.10. The third-order valence-corrected chi connectivity index (χ3v) is 7.12. The van der Waals surface area contributed by atoms with Gasteiger partial charge >= 0.3 is 0 Å². The molecule has 8 heteroatoms. The van der Waals surface area contributed by atoms with Crippen LogP contribution in [-0.4, -0.2) is 106 Å². The molecule has 0 aliphatic carbocycles. The van der Waals surface area contributed by atoms with Crippen LogP contribution in [0.5, 0.6) is 0 Å². The lowest BCUT2D eigenvalue weighted by molar-refractivity contribution is 0.0177. The molecule has 7 nitrogen and oxygen atoms in total. The molecule has 170 valence electrons. The Bertz CT molecular complexity index is 611. The third kappa shape index (κ3) is 7.20. The van der Waals surface area contributed by atoms with Crippen LogP contribution in [0.2, 0.25) is 0 Å². The predicted molar refractivity (Wildman–Crippen MR) is 127 cm³/mol. The molecule has 2 fully saturated rings. The van der Waals surface area contributed by atoms with Gasteiger partial charge in [0.2, 0.25) is 0 Å². The second-order valence-electron chi connectivity index (χ2n) is 8.35. The van der Waals surface area contributed by atoms with Gasteiger partial charge < -0.3 is 25.2 Å². The largest absolute Gasteiger partial charge is 0.379 e. The van der Waals surface area contributed by atoms with Crippen molar-refractivity contribution < 1.29 is 4.74 Å². The number of hydrogen-bond donors (Lipinski definition) is 2. The quantitative estimate of drug-likeness (QED) is 0.453.